The van der Waals surface area contributed by atoms with E-state index < -0.39 is 0 Å². The summed E-state index contributed by atoms with van der Waals surface area (Å²) in [5.74, 6) is -0.0956. The zero-order valence-corrected chi connectivity index (χ0v) is 16.8. The Morgan fingerprint density at radius 2 is 1.55 bits per heavy atom. The zero-order valence-electron chi connectivity index (χ0n) is 16.8. The van der Waals surface area contributed by atoms with E-state index in [1.807, 2.05) is 18.2 Å². The number of rotatable bonds is 7. The Morgan fingerprint density at radius 3 is 2.31 bits per heavy atom. The van der Waals surface area contributed by atoms with Crippen molar-refractivity contribution in [2.75, 3.05) is 13.1 Å². The molecule has 150 valence electrons. The van der Waals surface area contributed by atoms with Gasteiger partial charge in [-0.25, -0.2) is 0 Å². The summed E-state index contributed by atoms with van der Waals surface area (Å²) in [5, 5.41) is 7.30. The molecule has 1 aliphatic rings. The monoisotopic (exact) mass is 388 g/mol. The standard InChI is InChI=1S/C24H28N4O/c29-24(23-16-26-28(19-23)18-21-7-3-1-4-8-21)25-15-20-9-11-22(12-10-20)17-27-13-5-2-6-14-27/h1,3-4,7-12,16,19H,2,5-6,13-15,17-18H2,(H,25,29). The Hall–Kier alpha value is -2.92. The van der Waals surface area contributed by atoms with Crippen molar-refractivity contribution in [3.05, 3.63) is 89.2 Å². The molecular weight excluding hydrogens is 360 g/mol. The van der Waals surface area contributed by atoms with E-state index in [9.17, 15) is 4.79 Å². The van der Waals surface area contributed by atoms with Crippen LogP contribution in [0.3, 0.4) is 0 Å². The maximum Gasteiger partial charge on any atom is 0.254 e. The molecule has 5 nitrogen and oxygen atoms in total. The molecule has 1 saturated heterocycles. The highest BCUT2D eigenvalue weighted by atomic mass is 16.1. The summed E-state index contributed by atoms with van der Waals surface area (Å²) in [4.78, 5) is 15.0. The number of aromatic nitrogens is 2. The number of nitrogens with one attached hydrogen (secondary N) is 1. The van der Waals surface area contributed by atoms with Crippen molar-refractivity contribution in [3.8, 4) is 0 Å². The number of carbonyl (C=O) groups excluding carboxylic acids is 1. The third-order valence-electron chi connectivity index (χ3n) is 5.41. The summed E-state index contributed by atoms with van der Waals surface area (Å²) in [7, 11) is 0. The van der Waals surface area contributed by atoms with Crippen LogP contribution >= 0.6 is 0 Å². The van der Waals surface area contributed by atoms with Gasteiger partial charge in [0.1, 0.15) is 0 Å². The molecule has 0 spiro atoms. The van der Waals surface area contributed by atoms with Crippen molar-refractivity contribution >= 4 is 5.91 Å². The first kappa shape index (κ1) is 19.4. The van der Waals surface area contributed by atoms with E-state index in [4.69, 9.17) is 0 Å². The molecule has 1 aromatic heterocycles. The molecule has 0 unspecified atom stereocenters. The summed E-state index contributed by atoms with van der Waals surface area (Å²) in [6.45, 7) is 4.61. The molecule has 0 radical (unpaired) electrons. The summed E-state index contributed by atoms with van der Waals surface area (Å²) in [5.41, 5.74) is 4.19. The van der Waals surface area contributed by atoms with Crippen molar-refractivity contribution < 1.29 is 4.79 Å². The molecule has 5 heteroatoms. The van der Waals surface area contributed by atoms with Crippen LogP contribution in [0.4, 0.5) is 0 Å². The highest BCUT2D eigenvalue weighted by Crippen LogP contribution is 2.14. The van der Waals surface area contributed by atoms with E-state index in [1.165, 1.54) is 37.9 Å². The maximum atomic E-state index is 12.4. The first-order chi connectivity index (χ1) is 14.3. The minimum atomic E-state index is -0.0956. The second-order valence-corrected chi connectivity index (χ2v) is 7.75. The Labute approximate surface area is 172 Å². The summed E-state index contributed by atoms with van der Waals surface area (Å²) >= 11 is 0. The first-order valence-electron chi connectivity index (χ1n) is 10.4. The average molecular weight is 389 g/mol. The molecule has 1 amide bonds. The molecule has 1 fully saturated rings. The second kappa shape index (κ2) is 9.52. The molecule has 0 aliphatic carbocycles. The van der Waals surface area contributed by atoms with Gasteiger partial charge in [0, 0.05) is 19.3 Å². The van der Waals surface area contributed by atoms with Gasteiger partial charge in [0.15, 0.2) is 0 Å². The van der Waals surface area contributed by atoms with Crippen LogP contribution in [0.5, 0.6) is 0 Å². The van der Waals surface area contributed by atoms with Crippen molar-refractivity contribution in [1.82, 2.24) is 20.0 Å². The number of piperidine rings is 1. The topological polar surface area (TPSA) is 50.2 Å². The first-order valence-corrected chi connectivity index (χ1v) is 10.4. The third-order valence-corrected chi connectivity index (χ3v) is 5.41. The van der Waals surface area contributed by atoms with Crippen LogP contribution in [0.15, 0.2) is 67.0 Å². The molecular formula is C24H28N4O. The summed E-state index contributed by atoms with van der Waals surface area (Å²) < 4.78 is 1.79. The lowest BCUT2D eigenvalue weighted by atomic mass is 10.1. The molecule has 0 atom stereocenters. The number of benzene rings is 2. The number of carbonyl (C=O) groups is 1. The minimum absolute atomic E-state index is 0.0956. The van der Waals surface area contributed by atoms with Gasteiger partial charge >= 0.3 is 0 Å². The summed E-state index contributed by atoms with van der Waals surface area (Å²) in [6.07, 6.45) is 7.41. The Bertz CT molecular complexity index is 912. The Morgan fingerprint density at radius 1 is 0.862 bits per heavy atom. The van der Waals surface area contributed by atoms with Gasteiger partial charge in [-0.2, -0.15) is 5.10 Å². The van der Waals surface area contributed by atoms with Crippen LogP contribution < -0.4 is 5.32 Å². The van der Waals surface area contributed by atoms with E-state index in [-0.39, 0.29) is 5.91 Å². The largest absolute Gasteiger partial charge is 0.348 e. The maximum absolute atomic E-state index is 12.4. The molecule has 3 aromatic rings. The minimum Gasteiger partial charge on any atom is -0.348 e. The number of hydrogen-bond acceptors (Lipinski definition) is 3. The second-order valence-electron chi connectivity index (χ2n) is 7.75. The molecule has 1 N–H and O–H groups in total. The quantitative estimate of drug-likeness (QED) is 0.669. The van der Waals surface area contributed by atoms with Crippen LogP contribution in [-0.4, -0.2) is 33.7 Å². The predicted molar refractivity (Wildman–Crippen MR) is 115 cm³/mol. The predicted octanol–water partition coefficient (Wildman–Crippen LogP) is 3.85. The normalized spacial score (nSPS) is 14.6. The fraction of sp³-hybridized carbons (Fsp3) is 0.333. The van der Waals surface area contributed by atoms with E-state index in [1.54, 1.807) is 17.1 Å². The molecule has 0 saturated carbocycles. The van der Waals surface area contributed by atoms with Crippen molar-refractivity contribution in [1.29, 1.82) is 0 Å². The zero-order chi connectivity index (χ0) is 19.9. The lowest BCUT2D eigenvalue weighted by Crippen LogP contribution is -2.29. The number of hydrogen-bond donors (Lipinski definition) is 1. The number of nitrogens with zero attached hydrogens (tertiary/aromatic N) is 3. The van der Waals surface area contributed by atoms with Crippen molar-refractivity contribution in [2.24, 2.45) is 0 Å². The van der Waals surface area contributed by atoms with Crippen LogP contribution in [-0.2, 0) is 19.6 Å². The van der Waals surface area contributed by atoms with Gasteiger partial charge in [0.2, 0.25) is 0 Å². The van der Waals surface area contributed by atoms with Gasteiger partial charge in [-0.15, -0.1) is 0 Å². The number of likely N-dealkylation sites (tertiary alicyclic amines) is 1. The smallest absolute Gasteiger partial charge is 0.254 e. The van der Waals surface area contributed by atoms with Crippen molar-refractivity contribution in [3.63, 3.8) is 0 Å². The van der Waals surface area contributed by atoms with E-state index in [0.29, 0.717) is 18.7 Å². The lowest BCUT2D eigenvalue weighted by Gasteiger charge is -2.26. The van der Waals surface area contributed by atoms with Gasteiger partial charge in [-0.3, -0.25) is 14.4 Å². The fourth-order valence-corrected chi connectivity index (χ4v) is 3.76. The van der Waals surface area contributed by atoms with Crippen LogP contribution in [0, 0.1) is 0 Å². The number of amides is 1. The molecule has 2 heterocycles. The average Bonchev–Trinajstić information content (AvgIpc) is 3.23. The fourth-order valence-electron chi connectivity index (χ4n) is 3.76. The van der Waals surface area contributed by atoms with Crippen LogP contribution in [0.2, 0.25) is 0 Å². The molecule has 4 rings (SSSR count). The van der Waals surface area contributed by atoms with Crippen LogP contribution in [0.1, 0.15) is 46.3 Å². The molecule has 1 aliphatic heterocycles. The SMILES string of the molecule is O=C(NCc1ccc(CN2CCCCC2)cc1)c1cnn(Cc2ccccc2)c1. The molecule has 2 aromatic carbocycles. The lowest BCUT2D eigenvalue weighted by molar-refractivity contribution is 0.0951. The van der Waals surface area contributed by atoms with E-state index in [2.05, 4.69) is 51.7 Å². The van der Waals surface area contributed by atoms with E-state index >= 15 is 0 Å². The molecule has 0 bridgehead atoms. The van der Waals surface area contributed by atoms with Gasteiger partial charge in [0.25, 0.3) is 5.91 Å². The third kappa shape index (κ3) is 5.55. The van der Waals surface area contributed by atoms with Gasteiger partial charge in [-0.05, 0) is 42.6 Å². The van der Waals surface area contributed by atoms with Gasteiger partial charge in [0.05, 0.1) is 18.3 Å². The van der Waals surface area contributed by atoms with Gasteiger partial charge < -0.3 is 5.32 Å². The van der Waals surface area contributed by atoms with E-state index in [0.717, 1.165) is 17.7 Å². The van der Waals surface area contributed by atoms with Crippen LogP contribution in [0.25, 0.3) is 0 Å². The van der Waals surface area contributed by atoms with Gasteiger partial charge in [-0.1, -0.05) is 61.0 Å². The summed E-state index contributed by atoms with van der Waals surface area (Å²) in [6, 6.07) is 18.7. The van der Waals surface area contributed by atoms with Crippen molar-refractivity contribution in [2.45, 2.75) is 38.9 Å². The highest BCUT2D eigenvalue weighted by Gasteiger charge is 2.11. The highest BCUT2D eigenvalue weighted by molar-refractivity contribution is 5.93. The molecule has 29 heavy (non-hydrogen) atoms. The Kier molecular flexibility index (Phi) is 6.37. The Balaban J connectivity index is 1.27.